The fourth-order valence-corrected chi connectivity index (χ4v) is 1.31. The van der Waals surface area contributed by atoms with Crippen LogP contribution in [0.3, 0.4) is 0 Å². The van der Waals surface area contributed by atoms with Crippen LogP contribution in [0, 0.1) is 0 Å². The van der Waals surface area contributed by atoms with E-state index in [9.17, 15) is 4.79 Å². The molecule has 0 saturated heterocycles. The lowest BCUT2D eigenvalue weighted by Gasteiger charge is -2.10. The molecule has 0 aliphatic carbocycles. The fourth-order valence-electron chi connectivity index (χ4n) is 0.843. The fraction of sp³-hybridized carbons (Fsp3) is 0.222. The molecule has 1 aromatic rings. The molecule has 4 nitrogen and oxygen atoms in total. The number of hydrogen-bond acceptors (Lipinski definition) is 3. The molecular formula is C9H9Cl2NO3. The van der Waals surface area contributed by atoms with Crippen molar-refractivity contribution < 1.29 is 14.6 Å². The number of aliphatic carboxylic acids is 1. The highest BCUT2D eigenvalue weighted by Crippen LogP contribution is 2.27. The standard InChI is InChI=1S/C9H9Cl2NO3/c10-5-1-2-8(6(11)3-5)15-4-7(12)9(13)14/h1-3,7H,4,12H2,(H,13,14). The van der Waals surface area contributed by atoms with Gasteiger partial charge in [-0.3, -0.25) is 4.79 Å². The second-order valence-electron chi connectivity index (χ2n) is 2.83. The molecule has 0 aromatic heterocycles. The van der Waals surface area contributed by atoms with Gasteiger partial charge in [0.05, 0.1) is 5.02 Å². The summed E-state index contributed by atoms with van der Waals surface area (Å²) >= 11 is 11.5. The SMILES string of the molecule is NC(COc1ccc(Cl)cc1Cl)C(=O)O. The molecule has 1 aromatic carbocycles. The van der Waals surface area contributed by atoms with Gasteiger partial charge in [-0.2, -0.15) is 0 Å². The Balaban J connectivity index is 2.62. The molecule has 1 rings (SSSR count). The summed E-state index contributed by atoms with van der Waals surface area (Å²) in [5.41, 5.74) is 5.25. The maximum Gasteiger partial charge on any atom is 0.324 e. The van der Waals surface area contributed by atoms with Crippen LogP contribution >= 0.6 is 23.2 Å². The number of carbonyl (C=O) groups is 1. The molecular weight excluding hydrogens is 241 g/mol. The van der Waals surface area contributed by atoms with Crippen LogP contribution in [0.15, 0.2) is 18.2 Å². The highest BCUT2D eigenvalue weighted by atomic mass is 35.5. The Labute approximate surface area is 96.5 Å². The van der Waals surface area contributed by atoms with Crippen molar-refractivity contribution in [2.45, 2.75) is 6.04 Å². The van der Waals surface area contributed by atoms with Crippen molar-refractivity contribution in [2.24, 2.45) is 5.73 Å². The molecule has 0 spiro atoms. The molecule has 0 saturated carbocycles. The number of hydrogen-bond donors (Lipinski definition) is 2. The van der Waals surface area contributed by atoms with Crippen LogP contribution in [0.5, 0.6) is 5.75 Å². The minimum absolute atomic E-state index is 0.142. The van der Waals surface area contributed by atoms with E-state index in [1.54, 1.807) is 12.1 Å². The molecule has 0 fully saturated rings. The average Bonchev–Trinajstić information content (AvgIpc) is 2.15. The number of ether oxygens (including phenoxy) is 1. The number of carboxylic acids is 1. The summed E-state index contributed by atoms with van der Waals surface area (Å²) in [7, 11) is 0. The number of halogens is 2. The van der Waals surface area contributed by atoms with Gasteiger partial charge < -0.3 is 15.6 Å². The van der Waals surface area contributed by atoms with E-state index >= 15 is 0 Å². The van der Waals surface area contributed by atoms with Crippen molar-refractivity contribution in [2.75, 3.05) is 6.61 Å². The topological polar surface area (TPSA) is 72.5 Å². The third-order valence-corrected chi connectivity index (χ3v) is 2.16. The first-order chi connectivity index (χ1) is 7.00. The predicted octanol–water partition coefficient (Wildman–Crippen LogP) is 1.78. The van der Waals surface area contributed by atoms with Crippen LogP contribution in [-0.2, 0) is 4.79 Å². The van der Waals surface area contributed by atoms with Gasteiger partial charge in [-0.05, 0) is 18.2 Å². The molecule has 1 unspecified atom stereocenters. The molecule has 1 atom stereocenters. The van der Waals surface area contributed by atoms with E-state index in [2.05, 4.69) is 0 Å². The van der Waals surface area contributed by atoms with Crippen LogP contribution in [0.4, 0.5) is 0 Å². The van der Waals surface area contributed by atoms with Crippen molar-refractivity contribution in [1.82, 2.24) is 0 Å². The largest absolute Gasteiger partial charge is 0.490 e. The van der Waals surface area contributed by atoms with Gasteiger partial charge in [-0.25, -0.2) is 0 Å². The van der Waals surface area contributed by atoms with Gasteiger partial charge in [-0.15, -0.1) is 0 Å². The highest BCUT2D eigenvalue weighted by molar-refractivity contribution is 6.35. The lowest BCUT2D eigenvalue weighted by Crippen LogP contribution is -2.36. The summed E-state index contributed by atoms with van der Waals surface area (Å²) in [5.74, 6) is -0.766. The average molecular weight is 250 g/mol. The number of rotatable bonds is 4. The quantitative estimate of drug-likeness (QED) is 0.854. The van der Waals surface area contributed by atoms with Crippen LogP contribution in [0.25, 0.3) is 0 Å². The minimum Gasteiger partial charge on any atom is -0.490 e. The Morgan fingerprint density at radius 2 is 2.20 bits per heavy atom. The van der Waals surface area contributed by atoms with Crippen LogP contribution in [0.1, 0.15) is 0 Å². The number of carboxylic acid groups (broad SMARTS) is 1. The smallest absolute Gasteiger partial charge is 0.324 e. The predicted molar refractivity (Wildman–Crippen MR) is 57.6 cm³/mol. The van der Waals surface area contributed by atoms with Crippen molar-refractivity contribution in [3.05, 3.63) is 28.2 Å². The van der Waals surface area contributed by atoms with Gasteiger partial charge >= 0.3 is 5.97 Å². The van der Waals surface area contributed by atoms with Gasteiger partial charge in [0.25, 0.3) is 0 Å². The van der Waals surface area contributed by atoms with Crippen LogP contribution < -0.4 is 10.5 Å². The van der Waals surface area contributed by atoms with E-state index in [0.29, 0.717) is 15.8 Å². The van der Waals surface area contributed by atoms with E-state index in [1.165, 1.54) is 6.07 Å². The summed E-state index contributed by atoms with van der Waals surface area (Å²) in [6.45, 7) is -0.142. The molecule has 3 N–H and O–H groups in total. The maximum absolute atomic E-state index is 10.4. The zero-order valence-electron chi connectivity index (χ0n) is 7.61. The van der Waals surface area contributed by atoms with Crippen molar-refractivity contribution >= 4 is 29.2 Å². The van der Waals surface area contributed by atoms with E-state index in [0.717, 1.165) is 0 Å². The van der Waals surface area contributed by atoms with E-state index in [4.69, 9.17) is 38.8 Å². The second kappa shape index (κ2) is 5.21. The summed E-state index contributed by atoms with van der Waals surface area (Å²) in [5, 5.41) is 9.32. The van der Waals surface area contributed by atoms with Crippen LogP contribution in [0.2, 0.25) is 10.0 Å². The second-order valence-corrected chi connectivity index (χ2v) is 3.67. The molecule has 0 aliphatic rings. The van der Waals surface area contributed by atoms with Crippen molar-refractivity contribution in [3.8, 4) is 5.75 Å². The molecule has 0 radical (unpaired) electrons. The summed E-state index contributed by atoms with van der Waals surface area (Å²) in [6.07, 6.45) is 0. The van der Waals surface area contributed by atoms with E-state index in [1.807, 2.05) is 0 Å². The lowest BCUT2D eigenvalue weighted by atomic mass is 10.3. The first kappa shape index (κ1) is 12.1. The monoisotopic (exact) mass is 249 g/mol. The third-order valence-electron chi connectivity index (χ3n) is 1.63. The Bertz CT molecular complexity index is 370. The van der Waals surface area contributed by atoms with Gasteiger partial charge in [-0.1, -0.05) is 23.2 Å². The molecule has 0 amide bonds. The molecule has 0 bridgehead atoms. The molecule has 6 heteroatoms. The van der Waals surface area contributed by atoms with Crippen molar-refractivity contribution in [3.63, 3.8) is 0 Å². The number of nitrogens with two attached hydrogens (primary N) is 1. The van der Waals surface area contributed by atoms with E-state index in [-0.39, 0.29) is 6.61 Å². The lowest BCUT2D eigenvalue weighted by molar-refractivity contribution is -0.139. The highest BCUT2D eigenvalue weighted by Gasteiger charge is 2.12. The zero-order chi connectivity index (χ0) is 11.4. The molecule has 0 heterocycles. The molecule has 82 valence electrons. The van der Waals surface area contributed by atoms with Gasteiger partial charge in [0.1, 0.15) is 18.4 Å². The summed E-state index contributed by atoms with van der Waals surface area (Å²) in [4.78, 5) is 10.4. The zero-order valence-corrected chi connectivity index (χ0v) is 9.13. The Kier molecular flexibility index (Phi) is 4.20. The first-order valence-electron chi connectivity index (χ1n) is 4.07. The van der Waals surface area contributed by atoms with Crippen molar-refractivity contribution in [1.29, 1.82) is 0 Å². The Hall–Kier alpha value is -0.970. The molecule has 15 heavy (non-hydrogen) atoms. The van der Waals surface area contributed by atoms with Gasteiger partial charge in [0.2, 0.25) is 0 Å². The maximum atomic E-state index is 10.4. The summed E-state index contributed by atoms with van der Waals surface area (Å²) in [6, 6.07) is 3.58. The van der Waals surface area contributed by atoms with Gasteiger partial charge in [0, 0.05) is 5.02 Å². The van der Waals surface area contributed by atoms with Crippen LogP contribution in [-0.4, -0.2) is 23.7 Å². The first-order valence-corrected chi connectivity index (χ1v) is 4.82. The summed E-state index contributed by atoms with van der Waals surface area (Å²) < 4.78 is 5.12. The normalized spacial score (nSPS) is 12.2. The Morgan fingerprint density at radius 3 is 2.73 bits per heavy atom. The Morgan fingerprint density at radius 1 is 1.53 bits per heavy atom. The molecule has 0 aliphatic heterocycles. The van der Waals surface area contributed by atoms with E-state index < -0.39 is 12.0 Å². The van der Waals surface area contributed by atoms with Gasteiger partial charge in [0.15, 0.2) is 0 Å². The number of benzene rings is 1. The minimum atomic E-state index is -1.12. The third kappa shape index (κ3) is 3.58.